The number of rotatable bonds is 8. The van der Waals surface area contributed by atoms with Crippen LogP contribution in [0.3, 0.4) is 0 Å². The van der Waals surface area contributed by atoms with Gasteiger partial charge in [-0.25, -0.2) is 0 Å². The zero-order valence-electron chi connectivity index (χ0n) is 12.0. The van der Waals surface area contributed by atoms with Gasteiger partial charge < -0.3 is 9.73 Å². The summed E-state index contributed by atoms with van der Waals surface area (Å²) in [7, 11) is 0. The quantitative estimate of drug-likeness (QED) is 0.805. The third-order valence-corrected chi connectivity index (χ3v) is 4.63. The molecule has 0 bridgehead atoms. The van der Waals surface area contributed by atoms with Gasteiger partial charge >= 0.3 is 0 Å². The second-order valence-electron chi connectivity index (χ2n) is 5.41. The van der Waals surface area contributed by atoms with Gasteiger partial charge in [-0.15, -0.1) is 11.3 Å². The summed E-state index contributed by atoms with van der Waals surface area (Å²) in [6.45, 7) is 6.12. The molecule has 0 amide bonds. The van der Waals surface area contributed by atoms with Gasteiger partial charge in [-0.05, 0) is 36.9 Å². The van der Waals surface area contributed by atoms with Crippen LogP contribution in [-0.2, 0) is 19.6 Å². The summed E-state index contributed by atoms with van der Waals surface area (Å²) in [5.74, 6) is 1.10. The maximum absolute atomic E-state index is 5.64. The molecular weight excluding hydrogens is 268 g/mol. The lowest BCUT2D eigenvalue weighted by Crippen LogP contribution is -2.23. The van der Waals surface area contributed by atoms with E-state index in [0.29, 0.717) is 0 Å². The van der Waals surface area contributed by atoms with Crippen molar-refractivity contribution in [1.29, 1.82) is 0 Å². The van der Waals surface area contributed by atoms with Crippen LogP contribution in [0.5, 0.6) is 0 Å². The molecule has 3 rings (SSSR count). The molecule has 0 radical (unpaired) electrons. The number of furan rings is 1. The molecule has 1 aliphatic rings. The summed E-state index contributed by atoms with van der Waals surface area (Å²) in [5, 5.41) is 5.67. The fraction of sp³-hybridized carbons (Fsp3) is 0.500. The first kappa shape index (κ1) is 13.9. The van der Waals surface area contributed by atoms with Crippen LogP contribution < -0.4 is 5.32 Å². The molecule has 0 aromatic carbocycles. The Morgan fingerprint density at radius 1 is 1.35 bits per heavy atom. The van der Waals surface area contributed by atoms with E-state index in [0.717, 1.165) is 38.0 Å². The van der Waals surface area contributed by atoms with Gasteiger partial charge in [0.2, 0.25) is 0 Å². The van der Waals surface area contributed by atoms with Crippen molar-refractivity contribution in [1.82, 2.24) is 10.2 Å². The first-order chi connectivity index (χ1) is 9.85. The molecule has 2 heterocycles. The molecule has 3 nitrogen and oxygen atoms in total. The van der Waals surface area contributed by atoms with Crippen molar-refractivity contribution in [2.45, 2.75) is 45.4 Å². The summed E-state index contributed by atoms with van der Waals surface area (Å²) in [4.78, 5) is 3.88. The van der Waals surface area contributed by atoms with E-state index in [9.17, 15) is 0 Å². The molecule has 1 aliphatic carbocycles. The minimum absolute atomic E-state index is 0.723. The van der Waals surface area contributed by atoms with Crippen LogP contribution in [0.2, 0.25) is 0 Å². The topological polar surface area (TPSA) is 28.4 Å². The highest BCUT2D eigenvalue weighted by Gasteiger charge is 2.21. The van der Waals surface area contributed by atoms with Crippen LogP contribution in [0.15, 0.2) is 34.3 Å². The molecule has 0 atom stereocenters. The maximum atomic E-state index is 5.64. The van der Waals surface area contributed by atoms with E-state index in [2.05, 4.69) is 40.7 Å². The predicted octanol–water partition coefficient (Wildman–Crippen LogP) is 3.62. The average molecular weight is 290 g/mol. The van der Waals surface area contributed by atoms with Crippen molar-refractivity contribution in [2.75, 3.05) is 6.54 Å². The standard InChI is InChI=1S/C16H22N2OS/c1-2-18(12-15-4-3-9-20-15)11-13-7-8-19-16(13)10-17-14-5-6-14/h3-4,7-9,14,17H,2,5-6,10-12H2,1H3. The third-order valence-electron chi connectivity index (χ3n) is 3.77. The van der Waals surface area contributed by atoms with Crippen molar-refractivity contribution >= 4 is 11.3 Å². The molecule has 0 aliphatic heterocycles. The minimum Gasteiger partial charge on any atom is -0.468 e. The minimum atomic E-state index is 0.723. The fourth-order valence-electron chi connectivity index (χ4n) is 2.33. The first-order valence-corrected chi connectivity index (χ1v) is 8.26. The van der Waals surface area contributed by atoms with E-state index >= 15 is 0 Å². The Balaban J connectivity index is 1.58. The monoisotopic (exact) mass is 290 g/mol. The number of nitrogens with zero attached hydrogens (tertiary/aromatic N) is 1. The first-order valence-electron chi connectivity index (χ1n) is 7.38. The summed E-state index contributed by atoms with van der Waals surface area (Å²) < 4.78 is 5.64. The van der Waals surface area contributed by atoms with Crippen molar-refractivity contribution in [2.24, 2.45) is 0 Å². The van der Waals surface area contributed by atoms with Gasteiger partial charge in [-0.3, -0.25) is 4.90 Å². The SMILES string of the molecule is CCN(Cc1cccs1)Cc1ccoc1CNC1CC1. The lowest BCUT2D eigenvalue weighted by atomic mass is 10.2. The van der Waals surface area contributed by atoms with E-state index in [-0.39, 0.29) is 0 Å². The Labute approximate surface area is 124 Å². The van der Waals surface area contributed by atoms with E-state index < -0.39 is 0 Å². The molecule has 1 N–H and O–H groups in total. The fourth-order valence-corrected chi connectivity index (χ4v) is 3.08. The molecule has 2 aromatic heterocycles. The van der Waals surface area contributed by atoms with Gasteiger partial charge in [0.1, 0.15) is 5.76 Å². The summed E-state index contributed by atoms with van der Waals surface area (Å²) in [6, 6.07) is 7.16. The summed E-state index contributed by atoms with van der Waals surface area (Å²) in [6.07, 6.45) is 4.45. The average Bonchev–Trinajstić information content (AvgIpc) is 2.97. The molecule has 1 fully saturated rings. The highest BCUT2D eigenvalue weighted by atomic mass is 32.1. The molecular formula is C16H22N2OS. The largest absolute Gasteiger partial charge is 0.468 e. The highest BCUT2D eigenvalue weighted by Crippen LogP contribution is 2.21. The zero-order valence-corrected chi connectivity index (χ0v) is 12.8. The van der Waals surface area contributed by atoms with Crippen LogP contribution in [0.1, 0.15) is 36.0 Å². The predicted molar refractivity (Wildman–Crippen MR) is 82.7 cm³/mol. The third kappa shape index (κ3) is 3.72. The van der Waals surface area contributed by atoms with Crippen LogP contribution in [0, 0.1) is 0 Å². The van der Waals surface area contributed by atoms with Crippen molar-refractivity contribution in [3.63, 3.8) is 0 Å². The molecule has 1 saturated carbocycles. The molecule has 0 unspecified atom stereocenters. The van der Waals surface area contributed by atoms with Gasteiger partial charge in [0, 0.05) is 29.6 Å². The summed E-state index contributed by atoms with van der Waals surface area (Å²) in [5.41, 5.74) is 1.32. The molecule has 2 aromatic rings. The molecule has 20 heavy (non-hydrogen) atoms. The molecule has 4 heteroatoms. The Bertz CT molecular complexity index is 516. The van der Waals surface area contributed by atoms with Gasteiger partial charge in [-0.1, -0.05) is 13.0 Å². The molecule has 0 spiro atoms. The lowest BCUT2D eigenvalue weighted by Gasteiger charge is -2.19. The van der Waals surface area contributed by atoms with E-state index in [1.165, 1.54) is 23.3 Å². The normalized spacial score (nSPS) is 15.1. The zero-order chi connectivity index (χ0) is 13.8. The smallest absolute Gasteiger partial charge is 0.122 e. The van der Waals surface area contributed by atoms with Crippen LogP contribution >= 0.6 is 11.3 Å². The Kier molecular flexibility index (Phi) is 4.55. The van der Waals surface area contributed by atoms with Gasteiger partial charge in [-0.2, -0.15) is 0 Å². The van der Waals surface area contributed by atoms with Crippen molar-refractivity contribution in [3.05, 3.63) is 46.0 Å². The Hall–Kier alpha value is -1.10. The number of thiophene rings is 1. The molecule has 108 valence electrons. The van der Waals surface area contributed by atoms with Gasteiger partial charge in [0.15, 0.2) is 0 Å². The Morgan fingerprint density at radius 3 is 2.95 bits per heavy atom. The van der Waals surface area contributed by atoms with E-state index in [1.807, 2.05) is 17.6 Å². The van der Waals surface area contributed by atoms with E-state index in [1.54, 1.807) is 0 Å². The van der Waals surface area contributed by atoms with E-state index in [4.69, 9.17) is 4.42 Å². The Morgan fingerprint density at radius 2 is 2.25 bits per heavy atom. The number of hydrogen-bond donors (Lipinski definition) is 1. The molecule has 0 saturated heterocycles. The summed E-state index contributed by atoms with van der Waals surface area (Å²) >= 11 is 1.83. The van der Waals surface area contributed by atoms with Crippen LogP contribution in [0.25, 0.3) is 0 Å². The van der Waals surface area contributed by atoms with Crippen molar-refractivity contribution < 1.29 is 4.42 Å². The van der Waals surface area contributed by atoms with Gasteiger partial charge in [0.05, 0.1) is 12.8 Å². The lowest BCUT2D eigenvalue weighted by molar-refractivity contribution is 0.271. The number of hydrogen-bond acceptors (Lipinski definition) is 4. The van der Waals surface area contributed by atoms with Gasteiger partial charge in [0.25, 0.3) is 0 Å². The second kappa shape index (κ2) is 6.57. The van der Waals surface area contributed by atoms with Crippen LogP contribution in [0.4, 0.5) is 0 Å². The van der Waals surface area contributed by atoms with Crippen molar-refractivity contribution in [3.8, 4) is 0 Å². The highest BCUT2D eigenvalue weighted by molar-refractivity contribution is 7.09. The second-order valence-corrected chi connectivity index (χ2v) is 6.44. The maximum Gasteiger partial charge on any atom is 0.122 e. The number of nitrogens with one attached hydrogen (secondary N) is 1. The van der Waals surface area contributed by atoms with Crippen LogP contribution in [-0.4, -0.2) is 17.5 Å².